The average Bonchev–Trinajstić information content (AvgIpc) is 3.33. The van der Waals surface area contributed by atoms with Gasteiger partial charge < -0.3 is 14.7 Å². The summed E-state index contributed by atoms with van der Waals surface area (Å²) in [6.45, 7) is 0.928. The van der Waals surface area contributed by atoms with Gasteiger partial charge in [0.1, 0.15) is 11.4 Å². The molecule has 1 aromatic carbocycles. The Morgan fingerprint density at radius 2 is 1.60 bits per heavy atom. The van der Waals surface area contributed by atoms with Crippen LogP contribution in [-0.4, -0.2) is 63.9 Å². The number of likely N-dealkylation sites (tertiary alicyclic amines) is 1. The van der Waals surface area contributed by atoms with Gasteiger partial charge in [-0.15, -0.1) is 0 Å². The Morgan fingerprint density at radius 3 is 2.20 bits per heavy atom. The highest BCUT2D eigenvalue weighted by Crippen LogP contribution is 2.43. The molecular formula is C22H21ClF6N4O2. The summed E-state index contributed by atoms with van der Waals surface area (Å²) in [5.74, 6) is 0.0886. The first-order valence-corrected chi connectivity index (χ1v) is 11.4. The Morgan fingerprint density at radius 1 is 0.971 bits per heavy atom. The van der Waals surface area contributed by atoms with Gasteiger partial charge in [-0.1, -0.05) is 11.6 Å². The Balaban J connectivity index is 1.29. The van der Waals surface area contributed by atoms with E-state index in [1.807, 2.05) is 17.0 Å². The van der Waals surface area contributed by atoms with Gasteiger partial charge >= 0.3 is 12.4 Å². The van der Waals surface area contributed by atoms with E-state index in [9.17, 15) is 31.4 Å². The van der Waals surface area contributed by atoms with Crippen molar-refractivity contribution < 1.29 is 36.2 Å². The minimum atomic E-state index is -5.07. The molecule has 1 N–H and O–H groups in total. The van der Waals surface area contributed by atoms with Crippen molar-refractivity contribution in [3.8, 4) is 5.75 Å². The topological polar surface area (TPSA) is 61.7 Å². The summed E-state index contributed by atoms with van der Waals surface area (Å²) in [4.78, 5) is 9.83. The zero-order chi connectivity index (χ0) is 25.2. The van der Waals surface area contributed by atoms with Crippen LogP contribution in [0.25, 0.3) is 0 Å². The van der Waals surface area contributed by atoms with Crippen LogP contribution in [0.4, 0.5) is 32.3 Å². The van der Waals surface area contributed by atoms with Crippen molar-refractivity contribution in [3.05, 3.63) is 46.2 Å². The molecule has 190 valence electrons. The zero-order valence-corrected chi connectivity index (χ0v) is 19.0. The number of benzene rings is 1. The van der Waals surface area contributed by atoms with Crippen LogP contribution in [0, 0.1) is 0 Å². The van der Waals surface area contributed by atoms with Crippen LogP contribution in [-0.2, 0) is 18.8 Å². The lowest BCUT2D eigenvalue weighted by Crippen LogP contribution is -2.53. The van der Waals surface area contributed by atoms with Gasteiger partial charge in [-0.2, -0.15) is 26.3 Å². The number of aliphatic hydroxyl groups is 1. The fourth-order valence-corrected chi connectivity index (χ4v) is 5.30. The fourth-order valence-electron chi connectivity index (χ4n) is 5.10. The fraction of sp³-hybridized carbons (Fsp3) is 0.545. The Kier molecular flexibility index (Phi) is 5.84. The number of halogens is 7. The van der Waals surface area contributed by atoms with E-state index in [4.69, 9.17) is 16.3 Å². The predicted molar refractivity (Wildman–Crippen MR) is 113 cm³/mol. The third kappa shape index (κ3) is 4.75. The summed E-state index contributed by atoms with van der Waals surface area (Å²) in [5.41, 5.74) is -2.71. The molecule has 0 amide bonds. The summed E-state index contributed by atoms with van der Waals surface area (Å²) >= 11 is 6.08. The number of β-amino-alcohol motifs (C(OH)–C–C–N with tert-alkyl or cyclic N) is 1. The molecule has 1 spiro atoms. The molecular weight excluding hydrogens is 502 g/mol. The second-order valence-electron chi connectivity index (χ2n) is 9.22. The summed E-state index contributed by atoms with van der Waals surface area (Å²) in [6, 6.07) is 4.88. The number of anilines is 1. The molecule has 13 heteroatoms. The first-order chi connectivity index (χ1) is 16.3. The SMILES string of the molecule is O[C@@H]1CN(c2nc(C(F)(F)F)cc(C(F)(F)F)n2)CC1N1CCC2(CC1)Cc1cc(Cl)ccc1O2. The number of hydrogen-bond acceptors (Lipinski definition) is 6. The van der Waals surface area contributed by atoms with E-state index < -0.39 is 47.4 Å². The number of aliphatic hydroxyl groups excluding tert-OH is 1. The van der Waals surface area contributed by atoms with Crippen LogP contribution in [0.5, 0.6) is 5.75 Å². The van der Waals surface area contributed by atoms with Gasteiger partial charge in [0.2, 0.25) is 5.95 Å². The van der Waals surface area contributed by atoms with E-state index >= 15 is 0 Å². The summed E-state index contributed by atoms with van der Waals surface area (Å²) in [5, 5.41) is 11.3. The number of alkyl halides is 6. The first kappa shape index (κ1) is 24.4. The van der Waals surface area contributed by atoms with Crippen LogP contribution < -0.4 is 9.64 Å². The Hall–Kier alpha value is -2.31. The number of fused-ring (bicyclic) bond motifs is 1. The lowest BCUT2D eigenvalue weighted by Gasteiger charge is -2.41. The number of rotatable bonds is 2. The molecule has 2 atom stereocenters. The summed E-state index contributed by atoms with van der Waals surface area (Å²) < 4.78 is 85.3. The number of hydrogen-bond donors (Lipinski definition) is 1. The molecule has 3 aliphatic rings. The third-order valence-corrected chi connectivity index (χ3v) is 7.11. The number of ether oxygens (including phenoxy) is 1. The molecule has 1 unspecified atom stereocenters. The van der Waals surface area contributed by atoms with E-state index in [2.05, 4.69) is 9.97 Å². The number of piperidine rings is 1. The zero-order valence-electron chi connectivity index (χ0n) is 18.2. The molecule has 2 fully saturated rings. The molecule has 6 nitrogen and oxygen atoms in total. The largest absolute Gasteiger partial charge is 0.487 e. The molecule has 3 aliphatic heterocycles. The second-order valence-corrected chi connectivity index (χ2v) is 9.66. The second kappa shape index (κ2) is 8.38. The Labute approximate surface area is 201 Å². The van der Waals surface area contributed by atoms with Gasteiger partial charge in [-0.05, 0) is 29.8 Å². The summed E-state index contributed by atoms with van der Waals surface area (Å²) in [6.07, 6.45) is -9.12. The molecule has 2 aromatic rings. The smallest absolute Gasteiger partial charge is 0.433 e. The molecule has 0 aliphatic carbocycles. The van der Waals surface area contributed by atoms with Gasteiger partial charge in [-0.3, -0.25) is 4.90 Å². The van der Waals surface area contributed by atoms with Crippen molar-refractivity contribution in [3.63, 3.8) is 0 Å². The maximum Gasteiger partial charge on any atom is 0.433 e. The highest BCUT2D eigenvalue weighted by molar-refractivity contribution is 6.30. The predicted octanol–water partition coefficient (Wildman–Crippen LogP) is 4.19. The number of nitrogens with zero attached hydrogens (tertiary/aromatic N) is 4. The van der Waals surface area contributed by atoms with Crippen molar-refractivity contribution in [1.82, 2.24) is 14.9 Å². The maximum atomic E-state index is 13.2. The molecule has 4 heterocycles. The van der Waals surface area contributed by atoms with Crippen LogP contribution in [0.1, 0.15) is 29.8 Å². The quantitative estimate of drug-likeness (QED) is 0.597. The lowest BCUT2D eigenvalue weighted by atomic mass is 9.86. The van der Waals surface area contributed by atoms with Crippen LogP contribution in [0.2, 0.25) is 5.02 Å². The van der Waals surface area contributed by atoms with Crippen LogP contribution in [0.15, 0.2) is 24.3 Å². The van der Waals surface area contributed by atoms with E-state index in [0.29, 0.717) is 37.4 Å². The molecule has 35 heavy (non-hydrogen) atoms. The van der Waals surface area contributed by atoms with Crippen molar-refractivity contribution >= 4 is 17.5 Å². The number of aromatic nitrogens is 2. The molecule has 0 bridgehead atoms. The molecule has 5 rings (SSSR count). The van der Waals surface area contributed by atoms with Crippen molar-refractivity contribution in [2.24, 2.45) is 0 Å². The average molecular weight is 523 g/mol. The molecule has 1 aromatic heterocycles. The van der Waals surface area contributed by atoms with Gasteiger partial charge in [0.25, 0.3) is 0 Å². The summed E-state index contributed by atoms with van der Waals surface area (Å²) in [7, 11) is 0. The van der Waals surface area contributed by atoms with E-state index in [-0.39, 0.29) is 19.2 Å². The van der Waals surface area contributed by atoms with Crippen molar-refractivity contribution in [2.75, 3.05) is 31.1 Å². The minimum absolute atomic E-state index is 0.00344. The van der Waals surface area contributed by atoms with E-state index in [1.165, 1.54) is 4.90 Å². The minimum Gasteiger partial charge on any atom is -0.487 e. The highest BCUT2D eigenvalue weighted by Gasteiger charge is 2.46. The lowest BCUT2D eigenvalue weighted by molar-refractivity contribution is -0.147. The standard InChI is InChI=1S/C22H21ClF6N4O2/c23-13-1-2-16-12(7-13)9-20(35-16)3-5-32(6-4-20)14-10-33(11-15(14)34)19-30-17(21(24,25)26)8-18(31-19)22(27,28)29/h1-2,7-8,14-15,34H,3-6,9-11H2/t14?,15-/m1/s1. The Bertz CT molecular complexity index is 1090. The highest BCUT2D eigenvalue weighted by atomic mass is 35.5. The third-order valence-electron chi connectivity index (χ3n) is 6.88. The van der Waals surface area contributed by atoms with Gasteiger partial charge in [0.15, 0.2) is 11.4 Å². The molecule has 0 saturated carbocycles. The van der Waals surface area contributed by atoms with Gasteiger partial charge in [-0.25, -0.2) is 9.97 Å². The van der Waals surface area contributed by atoms with Crippen molar-refractivity contribution in [2.45, 2.75) is 49.4 Å². The molecule has 2 saturated heterocycles. The normalized spacial score (nSPS) is 24.6. The van der Waals surface area contributed by atoms with Crippen LogP contribution >= 0.6 is 11.6 Å². The van der Waals surface area contributed by atoms with Crippen molar-refractivity contribution in [1.29, 1.82) is 0 Å². The molecule has 0 radical (unpaired) electrons. The van der Waals surface area contributed by atoms with Gasteiger partial charge in [0.05, 0.1) is 12.1 Å². The first-order valence-electron chi connectivity index (χ1n) is 11.0. The van der Waals surface area contributed by atoms with E-state index in [0.717, 1.165) is 11.3 Å². The monoisotopic (exact) mass is 522 g/mol. The van der Waals surface area contributed by atoms with Crippen LogP contribution in [0.3, 0.4) is 0 Å². The van der Waals surface area contributed by atoms with Gasteiger partial charge in [0, 0.05) is 50.5 Å². The maximum absolute atomic E-state index is 13.2. The van der Waals surface area contributed by atoms with E-state index in [1.54, 1.807) is 6.07 Å².